The van der Waals surface area contributed by atoms with Gasteiger partial charge in [0.2, 0.25) is 10.0 Å². The first-order chi connectivity index (χ1) is 9.45. The number of phenols is 1. The molecule has 1 N–H and O–H groups in total. The highest BCUT2D eigenvalue weighted by molar-refractivity contribution is 7.91. The van der Waals surface area contributed by atoms with E-state index in [1.807, 2.05) is 0 Å². The van der Waals surface area contributed by atoms with Crippen molar-refractivity contribution in [2.45, 2.75) is 4.90 Å². The lowest BCUT2D eigenvalue weighted by atomic mass is 10.3. The number of nitrogens with zero attached hydrogens (tertiary/aromatic N) is 2. The molecule has 0 aliphatic carbocycles. The number of sulfone groups is 1. The lowest BCUT2D eigenvalue weighted by molar-refractivity contribution is -0.386. The Balaban J connectivity index is 3.13. The van der Waals surface area contributed by atoms with Crippen molar-refractivity contribution < 1.29 is 26.9 Å². The van der Waals surface area contributed by atoms with Crippen LogP contribution in [-0.4, -0.2) is 56.8 Å². The van der Waals surface area contributed by atoms with Crippen molar-refractivity contribution in [3.63, 3.8) is 0 Å². The van der Waals surface area contributed by atoms with E-state index in [9.17, 15) is 32.1 Å². The smallest absolute Gasteiger partial charge is 0.312 e. The average molecular weight is 338 g/mol. The van der Waals surface area contributed by atoms with E-state index in [0.29, 0.717) is 0 Å². The number of phenolic OH excluding ortho intramolecular Hbond substituents is 1. The van der Waals surface area contributed by atoms with Crippen LogP contribution in [0.4, 0.5) is 5.69 Å². The van der Waals surface area contributed by atoms with Gasteiger partial charge in [0, 0.05) is 25.9 Å². The molecule has 1 rings (SSSR count). The summed E-state index contributed by atoms with van der Waals surface area (Å²) in [5.74, 6) is -1.03. The van der Waals surface area contributed by atoms with Crippen LogP contribution in [-0.2, 0) is 19.9 Å². The number of hydrogen-bond acceptors (Lipinski definition) is 7. The molecule has 0 heterocycles. The number of aromatic hydroxyl groups is 1. The molecule has 0 aliphatic heterocycles. The summed E-state index contributed by atoms with van der Waals surface area (Å²) in [4.78, 5) is 9.37. The highest BCUT2D eigenvalue weighted by Gasteiger charge is 2.25. The minimum Gasteiger partial charge on any atom is -0.502 e. The van der Waals surface area contributed by atoms with E-state index < -0.39 is 41.1 Å². The molecular formula is C10H14N2O7S2. The quantitative estimate of drug-likeness (QED) is 0.568. The Morgan fingerprint density at radius 3 is 2.33 bits per heavy atom. The molecule has 1 aromatic rings. The summed E-state index contributed by atoms with van der Waals surface area (Å²) in [5.41, 5.74) is -0.743. The van der Waals surface area contributed by atoms with E-state index in [2.05, 4.69) is 0 Å². The molecule has 0 spiro atoms. The maximum Gasteiger partial charge on any atom is 0.312 e. The van der Waals surface area contributed by atoms with Crippen LogP contribution in [0.3, 0.4) is 0 Å². The molecule has 0 aromatic heterocycles. The molecule has 0 unspecified atom stereocenters. The van der Waals surface area contributed by atoms with Crippen LogP contribution in [0.15, 0.2) is 23.1 Å². The Labute approximate surface area is 121 Å². The second-order valence-corrected chi connectivity index (χ2v) is 8.67. The van der Waals surface area contributed by atoms with Crippen molar-refractivity contribution >= 4 is 25.5 Å². The Morgan fingerprint density at radius 2 is 1.86 bits per heavy atom. The maximum atomic E-state index is 12.2. The Hall–Kier alpha value is -1.72. The van der Waals surface area contributed by atoms with Gasteiger partial charge in [-0.1, -0.05) is 0 Å². The number of nitro groups is 1. The molecule has 0 saturated heterocycles. The van der Waals surface area contributed by atoms with Gasteiger partial charge in [-0.15, -0.1) is 0 Å². The van der Waals surface area contributed by atoms with Crippen LogP contribution >= 0.6 is 0 Å². The molecule has 11 heteroatoms. The zero-order valence-corrected chi connectivity index (χ0v) is 12.9. The summed E-state index contributed by atoms with van der Waals surface area (Å²) in [6.07, 6.45) is 0.971. The highest BCUT2D eigenvalue weighted by atomic mass is 32.2. The van der Waals surface area contributed by atoms with Gasteiger partial charge in [0.1, 0.15) is 9.84 Å². The fourth-order valence-electron chi connectivity index (χ4n) is 1.40. The first kappa shape index (κ1) is 17.3. The first-order valence-corrected chi connectivity index (χ1v) is 9.06. The number of hydrogen-bond donors (Lipinski definition) is 1. The molecule has 0 saturated carbocycles. The van der Waals surface area contributed by atoms with Crippen LogP contribution in [0, 0.1) is 10.1 Å². The Kier molecular flexibility index (Phi) is 4.91. The van der Waals surface area contributed by atoms with Gasteiger partial charge in [-0.3, -0.25) is 10.1 Å². The van der Waals surface area contributed by atoms with Crippen molar-refractivity contribution in [1.82, 2.24) is 4.31 Å². The molecule has 0 radical (unpaired) electrons. The second-order valence-electron chi connectivity index (χ2n) is 4.36. The van der Waals surface area contributed by atoms with Crippen LogP contribution in [0.1, 0.15) is 0 Å². The van der Waals surface area contributed by atoms with Crippen LogP contribution in [0.2, 0.25) is 0 Å². The second kappa shape index (κ2) is 5.95. The van der Waals surface area contributed by atoms with Crippen LogP contribution in [0.25, 0.3) is 0 Å². The third-order valence-corrected chi connectivity index (χ3v) is 5.41. The largest absolute Gasteiger partial charge is 0.502 e. The zero-order chi connectivity index (χ0) is 16.4. The van der Waals surface area contributed by atoms with Gasteiger partial charge in [-0.05, 0) is 12.1 Å². The lowest BCUT2D eigenvalue weighted by Crippen LogP contribution is -2.31. The minimum absolute atomic E-state index is 0.282. The number of nitro benzene ring substituents is 1. The number of sulfonamides is 1. The molecule has 0 fully saturated rings. The van der Waals surface area contributed by atoms with Crippen LogP contribution in [0.5, 0.6) is 5.75 Å². The van der Waals surface area contributed by atoms with Crippen molar-refractivity contribution in [3.8, 4) is 5.75 Å². The summed E-state index contributed by atoms with van der Waals surface area (Å²) < 4.78 is 47.2. The van der Waals surface area contributed by atoms with E-state index in [0.717, 1.165) is 28.8 Å². The van der Waals surface area contributed by atoms with Crippen molar-refractivity contribution in [2.24, 2.45) is 0 Å². The third-order valence-electron chi connectivity index (χ3n) is 2.63. The van der Waals surface area contributed by atoms with Crippen LogP contribution < -0.4 is 0 Å². The average Bonchev–Trinajstić information content (AvgIpc) is 2.34. The van der Waals surface area contributed by atoms with E-state index >= 15 is 0 Å². The summed E-state index contributed by atoms with van der Waals surface area (Å²) in [7, 11) is -6.26. The molecule has 0 bridgehead atoms. The van der Waals surface area contributed by atoms with Gasteiger partial charge in [-0.25, -0.2) is 16.8 Å². The molecule has 118 valence electrons. The molecule has 21 heavy (non-hydrogen) atoms. The zero-order valence-electron chi connectivity index (χ0n) is 11.3. The van der Waals surface area contributed by atoms with E-state index in [-0.39, 0.29) is 12.3 Å². The molecular weight excluding hydrogens is 324 g/mol. The van der Waals surface area contributed by atoms with Crippen molar-refractivity contribution in [1.29, 1.82) is 0 Å². The van der Waals surface area contributed by atoms with Gasteiger partial charge in [0.25, 0.3) is 0 Å². The van der Waals surface area contributed by atoms with Crippen molar-refractivity contribution in [2.75, 3.05) is 25.6 Å². The maximum absolute atomic E-state index is 12.2. The topological polar surface area (TPSA) is 135 Å². The highest BCUT2D eigenvalue weighted by Crippen LogP contribution is 2.29. The molecule has 0 amide bonds. The summed E-state index contributed by atoms with van der Waals surface area (Å²) in [6, 6.07) is 2.63. The molecule has 9 nitrogen and oxygen atoms in total. The van der Waals surface area contributed by atoms with Gasteiger partial charge < -0.3 is 5.11 Å². The summed E-state index contributed by atoms with van der Waals surface area (Å²) >= 11 is 0. The summed E-state index contributed by atoms with van der Waals surface area (Å²) in [6.45, 7) is -0.282. The predicted octanol–water partition coefficient (Wildman–Crippen LogP) is -0.0345. The Bertz CT molecular complexity index is 756. The molecule has 1 aromatic carbocycles. The van der Waals surface area contributed by atoms with Gasteiger partial charge in [0.05, 0.1) is 15.6 Å². The monoisotopic (exact) mass is 338 g/mol. The fourth-order valence-corrected chi connectivity index (χ4v) is 3.32. The Morgan fingerprint density at radius 1 is 1.29 bits per heavy atom. The molecule has 0 atom stereocenters. The predicted molar refractivity (Wildman–Crippen MR) is 74.3 cm³/mol. The standard InChI is InChI=1S/C10H14N2O7S2/c1-11(5-6-20(2,16)17)21(18,19)8-3-4-10(13)9(7-8)12(14)15/h3-4,7,13H,5-6H2,1-2H3. The number of benzene rings is 1. The third kappa shape index (κ3) is 4.37. The van der Waals surface area contributed by atoms with E-state index in [4.69, 9.17) is 0 Å². The number of rotatable bonds is 6. The van der Waals surface area contributed by atoms with Gasteiger partial charge in [0.15, 0.2) is 5.75 Å². The van der Waals surface area contributed by atoms with Gasteiger partial charge in [-0.2, -0.15) is 4.31 Å². The first-order valence-electron chi connectivity index (χ1n) is 5.56. The minimum atomic E-state index is -4.08. The normalized spacial score (nSPS) is 12.5. The van der Waals surface area contributed by atoms with Gasteiger partial charge >= 0.3 is 5.69 Å². The SMILES string of the molecule is CN(CCS(C)(=O)=O)S(=O)(=O)c1ccc(O)c([N+](=O)[O-])c1. The summed E-state index contributed by atoms with van der Waals surface area (Å²) in [5, 5.41) is 20.0. The lowest BCUT2D eigenvalue weighted by Gasteiger charge is -2.16. The van der Waals surface area contributed by atoms with E-state index in [1.54, 1.807) is 0 Å². The van der Waals surface area contributed by atoms with E-state index in [1.165, 1.54) is 7.05 Å². The van der Waals surface area contributed by atoms with Crippen molar-refractivity contribution in [3.05, 3.63) is 28.3 Å². The fraction of sp³-hybridized carbons (Fsp3) is 0.400. The molecule has 0 aliphatic rings.